The number of hydrogen-bond donors (Lipinski definition) is 5. The third-order valence-corrected chi connectivity index (χ3v) is 37.8. The molecule has 49 heteroatoms. The monoisotopic (exact) mass is 2110 g/mol. The van der Waals surface area contributed by atoms with Gasteiger partial charge in [-0.2, -0.15) is 0 Å². The van der Waals surface area contributed by atoms with Gasteiger partial charge in [0.1, 0.15) is 16.2 Å². The number of carbonyl (C=O) groups is 16. The van der Waals surface area contributed by atoms with Crippen LogP contribution in [0.15, 0.2) is 53.8 Å². The van der Waals surface area contributed by atoms with Crippen LogP contribution in [0.2, 0.25) is 0 Å². The van der Waals surface area contributed by atoms with Gasteiger partial charge >= 0.3 is 6.03 Å². The summed E-state index contributed by atoms with van der Waals surface area (Å²) in [6, 6.07) is 2.39. The molecule has 15 fully saturated rings. The molecule has 12 saturated heterocycles. The molecule has 20 heterocycles. The van der Waals surface area contributed by atoms with E-state index in [0.717, 1.165) is 82.4 Å². The number of nitrogens with zero attached hydrogens (tertiary/aromatic N) is 12. The van der Waals surface area contributed by atoms with Crippen molar-refractivity contribution in [3.8, 4) is 0 Å². The fourth-order valence-corrected chi connectivity index (χ4v) is 32.3. The van der Waals surface area contributed by atoms with Crippen LogP contribution in [0.1, 0.15) is 168 Å². The molecule has 14 amide bonds. The summed E-state index contributed by atoms with van der Waals surface area (Å²) in [7, 11) is 0. The summed E-state index contributed by atoms with van der Waals surface area (Å²) in [5, 5.41) is 28.9. The van der Waals surface area contributed by atoms with Crippen LogP contribution in [0, 0.1) is 44.9 Å². The van der Waals surface area contributed by atoms with Gasteiger partial charge in [0.15, 0.2) is 69.3 Å². The maximum atomic E-state index is 16.4. The highest BCUT2D eigenvalue weighted by molar-refractivity contribution is 8.17. The Labute approximate surface area is 854 Å². The lowest BCUT2D eigenvalue weighted by atomic mass is 9.63. The molecule has 4 aromatic carbocycles. The van der Waals surface area contributed by atoms with Crippen molar-refractivity contribution in [1.29, 1.82) is 0 Å². The number of ether oxygens (including phenoxy) is 4. The molecule has 3 unspecified atom stereocenters. The Morgan fingerprint density at radius 3 is 0.926 bits per heavy atom. The smallest absolute Gasteiger partial charge is 0.328 e. The number of urea groups is 1. The van der Waals surface area contributed by atoms with Crippen molar-refractivity contribution < 1.29 is 131 Å². The normalized spacial score (nSPS) is 33.4. The Morgan fingerprint density at radius 1 is 0.351 bits per heavy atom. The number of hydrogen-bond acceptors (Lipinski definition) is 36. The Balaban J connectivity index is 0.000000105. The van der Waals surface area contributed by atoms with E-state index in [4.69, 9.17) is 37.0 Å². The van der Waals surface area contributed by atoms with E-state index in [1.165, 1.54) is 40.2 Å². The maximum Gasteiger partial charge on any atom is 0.328 e. The van der Waals surface area contributed by atoms with E-state index in [1.807, 2.05) is 27.7 Å². The SMILES string of the molecule is C=C1CN(c2noc3c(F)c4c(cc23)CC2(C(=O)CC(=O)NC2=O)[C@H]2[C@H](C)O[C@H](C)CN42)C(=O)S1.C[C@@H]1CN2c3c(cc4c(N5C(=O)S[C@@H]6CCCC[C@@H]65)noc4c3F)CC3(C(=O)NC(=O)NC3=O)[C@H]2[C@H](C)O1.C[C@@H]1CN2c3c(cc4c(N5C(=O)S[C@H]6CCCC[C@H]65)noc4c3F)CC3(C(=O)CC(=O)NC3=O)[C@H]2[C@H](C)O1.C[C@@H]1CN2c3c(cc4c(N5C(=O)S[C@H]6CCC[C@H]65)noc4c3F)CC3(C(=O)CC(=O)NC3=O)[C@H]2[C@H](C)O1. The average Bonchev–Trinajstić information content (AvgIpc) is 1.26. The van der Waals surface area contributed by atoms with Crippen LogP contribution in [-0.4, -0.2) is 252 Å². The summed E-state index contributed by atoms with van der Waals surface area (Å²) in [5.41, 5.74) is -4.35. The van der Waals surface area contributed by atoms with Crippen molar-refractivity contribution in [1.82, 2.24) is 47.2 Å². The van der Waals surface area contributed by atoms with Gasteiger partial charge in [-0.3, -0.25) is 118 Å². The summed E-state index contributed by atoms with van der Waals surface area (Å²) in [6.45, 7) is 19.3. The van der Waals surface area contributed by atoms with Crippen molar-refractivity contribution in [2.75, 3.05) is 71.9 Å². The molecule has 4 aromatic heterocycles. The van der Waals surface area contributed by atoms with Crippen molar-refractivity contribution in [2.45, 2.75) is 278 Å². The molecule has 0 bridgehead atoms. The number of fused-ring (bicyclic) bond motifs is 23. The number of anilines is 8. The zero-order chi connectivity index (χ0) is 104. The minimum Gasteiger partial charge on any atom is -0.372 e. The highest BCUT2D eigenvalue weighted by Gasteiger charge is 2.69. The summed E-state index contributed by atoms with van der Waals surface area (Å²) in [5.74, 6) is -8.77. The highest BCUT2D eigenvalue weighted by atomic mass is 32.2. The molecule has 4 spiro atoms. The first-order chi connectivity index (χ1) is 70.7. The number of Topliss-reactive ketones (excluding diaryl/α,β-unsaturated/α-hetero) is 3. The molecular formula is C99H99F4N17O24S4. The van der Waals surface area contributed by atoms with Crippen LogP contribution in [0.5, 0.6) is 0 Å². The number of rotatable bonds is 4. The summed E-state index contributed by atoms with van der Waals surface area (Å²) in [6.07, 6.45) is 5.00. The summed E-state index contributed by atoms with van der Waals surface area (Å²) < 4.78 is 111. The Kier molecular flexibility index (Phi) is 23.3. The first-order valence-corrected chi connectivity index (χ1v) is 53.3. The first kappa shape index (κ1) is 97.6. The molecule has 19 aliphatic rings. The Hall–Kier alpha value is -12.4. The van der Waals surface area contributed by atoms with Gasteiger partial charge in [0, 0.05) is 53.3 Å². The van der Waals surface area contributed by atoms with E-state index in [9.17, 15) is 76.7 Å². The second-order valence-corrected chi connectivity index (χ2v) is 46.9. The third kappa shape index (κ3) is 14.4. The highest BCUT2D eigenvalue weighted by Crippen LogP contribution is 2.60. The summed E-state index contributed by atoms with van der Waals surface area (Å²) >= 11 is 4.82. The molecule has 21 atom stereocenters. The topological polar surface area (TPSA) is 500 Å². The van der Waals surface area contributed by atoms with Crippen molar-refractivity contribution in [3.05, 3.63) is 81.3 Å². The number of carbonyl (C=O) groups excluding carboxylic acids is 16. The van der Waals surface area contributed by atoms with Gasteiger partial charge in [0.05, 0.1) is 161 Å². The first-order valence-electron chi connectivity index (χ1n) is 49.8. The number of barbiturate groups is 1. The molecule has 8 aromatic rings. The number of imide groups is 5. The maximum absolute atomic E-state index is 16.4. The van der Waals surface area contributed by atoms with Gasteiger partial charge in [-0.25, -0.2) is 22.4 Å². The number of thioether (sulfide) groups is 4. The number of amides is 14. The number of nitrogens with one attached hydrogen (secondary N) is 5. The lowest BCUT2D eigenvalue weighted by molar-refractivity contribution is -0.160. The fourth-order valence-electron chi connectivity index (χ4n) is 27.7. The van der Waals surface area contributed by atoms with Crippen molar-refractivity contribution in [3.63, 3.8) is 0 Å². The predicted octanol–water partition coefficient (Wildman–Crippen LogP) is 10.9. The average molecular weight is 2120 g/mol. The summed E-state index contributed by atoms with van der Waals surface area (Å²) in [4.78, 5) is 220. The lowest BCUT2D eigenvalue weighted by Crippen LogP contribution is -2.75. The number of halogens is 4. The van der Waals surface area contributed by atoms with Crippen LogP contribution < -0.4 is 65.8 Å². The number of piperidine rings is 3. The number of aromatic nitrogens is 4. The number of morpholine rings is 4. The second kappa shape index (κ2) is 35.4. The van der Waals surface area contributed by atoms with Crippen LogP contribution in [0.3, 0.4) is 0 Å². The zero-order valence-electron chi connectivity index (χ0n) is 81.0. The van der Waals surface area contributed by atoms with Crippen molar-refractivity contribution >= 4 is 229 Å². The van der Waals surface area contributed by atoms with Crippen LogP contribution in [0.25, 0.3) is 43.9 Å². The van der Waals surface area contributed by atoms with Crippen LogP contribution in [0.4, 0.5) is 87.6 Å². The van der Waals surface area contributed by atoms with E-state index in [1.54, 1.807) is 86.3 Å². The van der Waals surface area contributed by atoms with Gasteiger partial charge in [-0.1, -0.05) is 94.6 Å². The third-order valence-electron chi connectivity index (χ3n) is 33.2. The fraction of sp³-hybridized carbons (Fsp3) is 0.535. The number of ketones is 3. The minimum absolute atomic E-state index is 0.0294. The molecule has 27 rings (SSSR count). The van der Waals surface area contributed by atoms with Crippen molar-refractivity contribution in [2.24, 2.45) is 21.7 Å². The number of benzene rings is 4. The largest absolute Gasteiger partial charge is 0.372 e. The lowest BCUT2D eigenvalue weighted by Gasteiger charge is -2.55. The molecule has 16 aliphatic heterocycles. The molecule has 3 aliphatic carbocycles. The molecule has 776 valence electrons. The van der Waals surface area contributed by atoms with Gasteiger partial charge in [-0.05, 0) is 171 Å². The van der Waals surface area contributed by atoms with Gasteiger partial charge in [0.25, 0.3) is 21.0 Å². The van der Waals surface area contributed by atoms with E-state index < -0.39 is 183 Å². The second-order valence-electron chi connectivity index (χ2n) is 42.2. The Morgan fingerprint density at radius 2 is 0.622 bits per heavy atom. The van der Waals surface area contributed by atoms with Gasteiger partial charge in [-0.15, -0.1) is 0 Å². The standard InChI is InChI=1S/C26H27FN4O6S.C25H26FN5O6S.C25H25FN4O6S.C23H21FN4O6S/c1-11-10-30-20-13(9-26(22(30)12(2)36-11)17(32)8-18(33)28-24(26)34)7-14-21(19(20)27)37-29-23(14)31-15-5-3-4-6-16(15)38-25(31)35;1-10-9-30-17-12(8-25(19(30)11(2)36-10)21(32)27-23(34)28-22(25)33)7-13-18(16(17)26)37-29-20(13)31-14-5-3-4-6-15(14)38-24(31)35;1-10-9-29-19-12(8-25(21(29)11(2)35-10)16(31)7-17(32)27-23(25)33)6-13-20(18(19)26)36-28-22(13)30-14-4-3-5-15(14)37-24(30)34;1-9-7-27-17-12(6-23(19(27)11(3)33-9)14(29)5-15(30)25-21(23)31)4-13-18(16(17)24)34-26-20(13)28-8-10(2)35-22(28)32/h7,11-12,15-16,22H,3-6,8-10H2,1-2H3,(H,28,33,34);7,10-11,14-15,19H,3-6,8-9H2,1-2H3,(H2,27,28,32,33,34);6,10-11,14-15,21H,3-5,7-9H2,1-2H3,(H,27,32,33);4,9,11,19H,2,5-8H2,1,3H3,(H,25,30,31)/t11-,12+,15-,16+,22-,26?;10-,11+,14+,15-,19-;10-,11+,14-,15+,21-,25?;9-,11+,19-,23?/m1111/s1. The van der Waals surface area contributed by atoms with Gasteiger partial charge in [0.2, 0.25) is 69.6 Å². The van der Waals surface area contributed by atoms with E-state index in [0.29, 0.717) is 43.3 Å². The molecule has 5 N–H and O–H groups in total. The van der Waals surface area contributed by atoms with E-state index >= 15 is 17.6 Å². The molecular weight excluding hydrogens is 2020 g/mol. The molecule has 0 radical (unpaired) electrons. The molecule has 41 nitrogen and oxygen atoms in total. The van der Waals surface area contributed by atoms with E-state index in [-0.39, 0.29) is 211 Å². The zero-order valence-corrected chi connectivity index (χ0v) is 84.2. The molecule has 148 heavy (non-hydrogen) atoms. The quantitative estimate of drug-likeness (QED) is 0.0620. The van der Waals surface area contributed by atoms with E-state index in [2.05, 4.69) is 53.8 Å². The minimum atomic E-state index is -1.73. The van der Waals surface area contributed by atoms with Crippen LogP contribution >= 0.6 is 47.0 Å². The predicted molar refractivity (Wildman–Crippen MR) is 524 cm³/mol. The Bertz CT molecular complexity index is 7020. The van der Waals surface area contributed by atoms with Gasteiger partial charge < -0.3 is 56.6 Å². The molecule has 3 saturated carbocycles. The van der Waals surface area contributed by atoms with Crippen LogP contribution in [-0.2, 0) is 97.4 Å².